The van der Waals surface area contributed by atoms with Gasteiger partial charge in [0.05, 0.1) is 18.1 Å². The van der Waals surface area contributed by atoms with Gasteiger partial charge in [-0.05, 0) is 6.92 Å². The molecule has 0 bridgehead atoms. The third-order valence-electron chi connectivity index (χ3n) is 4.01. The van der Waals surface area contributed by atoms with E-state index in [-0.39, 0.29) is 31.0 Å². The predicted octanol–water partition coefficient (Wildman–Crippen LogP) is 1.21. The monoisotopic (exact) mass is 379 g/mol. The van der Waals surface area contributed by atoms with Crippen molar-refractivity contribution >= 4 is 27.3 Å². The maximum atomic E-state index is 13.8. The highest BCUT2D eigenvalue weighted by Crippen LogP contribution is 2.30. The van der Waals surface area contributed by atoms with Crippen molar-refractivity contribution in [1.29, 1.82) is 0 Å². The largest absolute Gasteiger partial charge is 0.316 e. The number of halogens is 3. The summed E-state index contributed by atoms with van der Waals surface area (Å²) in [7, 11) is -3.98. The Bertz CT molecular complexity index is 871. The molecule has 7 nitrogen and oxygen atoms in total. The van der Waals surface area contributed by atoms with Crippen molar-refractivity contribution in [2.75, 3.05) is 19.6 Å². The Balaban J connectivity index is 1.80. The van der Waals surface area contributed by atoms with Gasteiger partial charge in [-0.2, -0.15) is 5.10 Å². The first-order valence-corrected chi connectivity index (χ1v) is 9.15. The van der Waals surface area contributed by atoms with Crippen LogP contribution in [-0.4, -0.2) is 48.6 Å². The van der Waals surface area contributed by atoms with Crippen molar-refractivity contribution in [3.05, 3.63) is 23.1 Å². The lowest BCUT2D eigenvalue weighted by molar-refractivity contribution is -0.0753. The zero-order chi connectivity index (χ0) is 17.5. The van der Waals surface area contributed by atoms with Crippen LogP contribution < -0.4 is 10.0 Å². The maximum Gasteiger partial charge on any atom is 0.254 e. The number of rotatable bonds is 4. The Labute approximate surface area is 142 Å². The van der Waals surface area contributed by atoms with Gasteiger partial charge in [0.2, 0.25) is 10.0 Å². The van der Waals surface area contributed by atoms with Gasteiger partial charge >= 0.3 is 0 Å². The third-order valence-corrected chi connectivity index (χ3v) is 5.83. The van der Waals surface area contributed by atoms with E-state index in [1.807, 2.05) is 0 Å². The summed E-state index contributed by atoms with van der Waals surface area (Å²) in [5.74, 6) is -4.00. The van der Waals surface area contributed by atoms with Gasteiger partial charge in [0.25, 0.3) is 5.92 Å². The second-order valence-corrected chi connectivity index (χ2v) is 7.87. The Morgan fingerprint density at radius 2 is 2.29 bits per heavy atom. The quantitative estimate of drug-likeness (QED) is 0.833. The van der Waals surface area contributed by atoms with E-state index in [9.17, 15) is 17.2 Å². The smallest absolute Gasteiger partial charge is 0.254 e. The molecular weight excluding hydrogens is 364 g/mol. The van der Waals surface area contributed by atoms with Crippen LogP contribution in [0.15, 0.2) is 17.3 Å². The molecule has 0 amide bonds. The summed E-state index contributed by atoms with van der Waals surface area (Å²) in [4.78, 5) is 3.81. The second kappa shape index (κ2) is 6.17. The van der Waals surface area contributed by atoms with E-state index in [2.05, 4.69) is 20.1 Å². The number of aryl methyl sites for hydroxylation is 1. The summed E-state index contributed by atoms with van der Waals surface area (Å²) >= 11 is 6.00. The van der Waals surface area contributed by atoms with Gasteiger partial charge in [0.1, 0.15) is 9.92 Å². The summed E-state index contributed by atoms with van der Waals surface area (Å²) in [5.41, 5.74) is 0.843. The molecule has 1 fully saturated rings. The fourth-order valence-corrected chi connectivity index (χ4v) is 3.73. The number of nitrogens with one attached hydrogen (secondary N) is 2. The van der Waals surface area contributed by atoms with Gasteiger partial charge in [-0.15, -0.1) is 0 Å². The van der Waals surface area contributed by atoms with Gasteiger partial charge in [-0.1, -0.05) is 11.6 Å². The van der Waals surface area contributed by atoms with Gasteiger partial charge in [-0.25, -0.2) is 31.4 Å². The van der Waals surface area contributed by atoms with Gasteiger partial charge in [0.15, 0.2) is 5.65 Å². The van der Waals surface area contributed by atoms with Crippen LogP contribution in [0.5, 0.6) is 0 Å². The average molecular weight is 380 g/mol. The topological polar surface area (TPSA) is 88.4 Å². The molecule has 2 N–H and O–H groups in total. The molecule has 2 aromatic rings. The van der Waals surface area contributed by atoms with E-state index in [1.165, 1.54) is 10.7 Å². The van der Waals surface area contributed by atoms with Crippen LogP contribution in [0.4, 0.5) is 8.78 Å². The Morgan fingerprint density at radius 3 is 3.00 bits per heavy atom. The minimum absolute atomic E-state index is 0.0563. The number of alkyl halides is 2. The molecule has 0 radical (unpaired) electrons. The first-order valence-electron chi connectivity index (χ1n) is 7.29. The molecule has 1 aliphatic rings. The number of nitrogens with zero attached hydrogens (tertiary/aromatic N) is 3. The number of hydrogen-bond acceptors (Lipinski definition) is 5. The molecule has 0 aliphatic carbocycles. The van der Waals surface area contributed by atoms with E-state index >= 15 is 0 Å². The molecule has 3 rings (SSSR count). The summed E-state index contributed by atoms with van der Waals surface area (Å²) in [6.45, 7) is 1.58. The summed E-state index contributed by atoms with van der Waals surface area (Å²) < 4.78 is 55.7. The summed E-state index contributed by atoms with van der Waals surface area (Å²) in [6.07, 6.45) is 2.07. The molecule has 2 aromatic heterocycles. The standard InChI is InChI=1S/C13H16ClF2N5O2S/c1-8-11(14)12-18-6-10(7-21(12)20-8)24(22,23)19-5-9-4-17-3-2-13(9,15)16/h6-7,9,17,19H,2-5H2,1H3. The Hall–Kier alpha value is -1.36. The lowest BCUT2D eigenvalue weighted by atomic mass is 9.95. The summed E-state index contributed by atoms with van der Waals surface area (Å²) in [5, 5.41) is 7.24. The fourth-order valence-electron chi connectivity index (χ4n) is 2.54. The zero-order valence-corrected chi connectivity index (χ0v) is 14.3. The lowest BCUT2D eigenvalue weighted by Gasteiger charge is -2.31. The zero-order valence-electron chi connectivity index (χ0n) is 12.8. The molecule has 24 heavy (non-hydrogen) atoms. The van der Waals surface area contributed by atoms with Crippen molar-refractivity contribution in [1.82, 2.24) is 24.6 Å². The van der Waals surface area contributed by atoms with Crippen LogP contribution in [0.3, 0.4) is 0 Å². The van der Waals surface area contributed by atoms with E-state index in [1.54, 1.807) is 6.92 Å². The molecule has 0 spiro atoms. The van der Waals surface area contributed by atoms with Crippen LogP contribution in [0.2, 0.25) is 5.02 Å². The average Bonchev–Trinajstić information content (AvgIpc) is 2.80. The fraction of sp³-hybridized carbons (Fsp3) is 0.538. The number of fused-ring (bicyclic) bond motifs is 1. The highest BCUT2D eigenvalue weighted by molar-refractivity contribution is 7.89. The molecule has 132 valence electrons. The summed E-state index contributed by atoms with van der Waals surface area (Å²) in [6, 6.07) is 0. The van der Waals surface area contributed by atoms with Crippen molar-refractivity contribution in [2.45, 2.75) is 24.2 Å². The van der Waals surface area contributed by atoms with Crippen LogP contribution in [0, 0.1) is 12.8 Å². The van der Waals surface area contributed by atoms with Crippen molar-refractivity contribution in [3.63, 3.8) is 0 Å². The molecule has 1 aliphatic heterocycles. The number of aromatic nitrogens is 3. The first kappa shape index (κ1) is 17.5. The minimum atomic E-state index is -3.98. The van der Waals surface area contributed by atoms with Crippen LogP contribution >= 0.6 is 11.6 Å². The van der Waals surface area contributed by atoms with Gasteiger partial charge < -0.3 is 5.32 Å². The normalized spacial score (nSPS) is 21.2. The molecular formula is C13H16ClF2N5O2S. The van der Waals surface area contributed by atoms with Gasteiger partial charge in [0, 0.05) is 32.0 Å². The highest BCUT2D eigenvalue weighted by Gasteiger charge is 2.41. The van der Waals surface area contributed by atoms with Crippen molar-refractivity contribution < 1.29 is 17.2 Å². The SMILES string of the molecule is Cc1nn2cc(S(=O)(=O)NCC3CNCCC3(F)F)cnc2c1Cl. The first-order chi connectivity index (χ1) is 11.2. The molecule has 1 atom stereocenters. The minimum Gasteiger partial charge on any atom is -0.316 e. The molecule has 0 aromatic carbocycles. The van der Waals surface area contributed by atoms with Crippen molar-refractivity contribution in [2.24, 2.45) is 5.92 Å². The third kappa shape index (κ3) is 3.23. The van der Waals surface area contributed by atoms with E-state index in [4.69, 9.17) is 11.6 Å². The Morgan fingerprint density at radius 1 is 1.54 bits per heavy atom. The van der Waals surface area contributed by atoms with Crippen LogP contribution in [-0.2, 0) is 10.0 Å². The van der Waals surface area contributed by atoms with Crippen LogP contribution in [0.25, 0.3) is 5.65 Å². The number of piperidine rings is 1. The number of sulfonamides is 1. The lowest BCUT2D eigenvalue weighted by Crippen LogP contribution is -2.49. The van der Waals surface area contributed by atoms with Gasteiger partial charge in [-0.3, -0.25) is 0 Å². The molecule has 11 heteroatoms. The van der Waals surface area contributed by atoms with E-state index in [0.717, 1.165) is 6.20 Å². The second-order valence-electron chi connectivity index (χ2n) is 5.72. The van der Waals surface area contributed by atoms with E-state index in [0.29, 0.717) is 16.4 Å². The van der Waals surface area contributed by atoms with E-state index < -0.39 is 21.9 Å². The Kier molecular flexibility index (Phi) is 4.49. The molecule has 1 unspecified atom stereocenters. The molecule has 1 saturated heterocycles. The van der Waals surface area contributed by atoms with Crippen molar-refractivity contribution in [3.8, 4) is 0 Å². The predicted molar refractivity (Wildman–Crippen MR) is 83.8 cm³/mol. The molecule has 3 heterocycles. The van der Waals surface area contributed by atoms with Crippen LogP contribution in [0.1, 0.15) is 12.1 Å². The molecule has 0 saturated carbocycles. The number of hydrogen-bond donors (Lipinski definition) is 2. The maximum absolute atomic E-state index is 13.8. The highest BCUT2D eigenvalue weighted by atomic mass is 35.5.